The summed E-state index contributed by atoms with van der Waals surface area (Å²) in [4.78, 5) is 20.5. The largest absolute Gasteiger partial charge is 0.464 e. The number of thioether (sulfide) groups is 1. The smallest absolute Gasteiger partial charge is 0.217 e. The van der Waals surface area contributed by atoms with Gasteiger partial charge in [-0.05, 0) is 43.3 Å². The predicted octanol–water partition coefficient (Wildman–Crippen LogP) is 4.16. The van der Waals surface area contributed by atoms with Crippen molar-refractivity contribution >= 4 is 23.5 Å². The lowest BCUT2D eigenvalue weighted by molar-refractivity contribution is -0.119. The average molecular weight is 501 g/mol. The highest BCUT2D eigenvalue weighted by atomic mass is 32.2. The van der Waals surface area contributed by atoms with Gasteiger partial charge < -0.3 is 19.5 Å². The van der Waals surface area contributed by atoms with Crippen LogP contribution in [0.25, 0.3) is 11.3 Å². The minimum Gasteiger partial charge on any atom is -0.464 e. The van der Waals surface area contributed by atoms with Crippen LogP contribution in [0.3, 0.4) is 0 Å². The molecule has 1 saturated heterocycles. The second kappa shape index (κ2) is 11.8. The molecule has 9 heteroatoms. The van der Waals surface area contributed by atoms with Gasteiger partial charge in [0.15, 0.2) is 0 Å². The van der Waals surface area contributed by atoms with E-state index < -0.39 is 0 Å². The molecule has 1 amide bonds. The molecule has 184 valence electrons. The first-order valence-electron chi connectivity index (χ1n) is 11.8. The standard InChI is InChI=1S/C27H28N6O2S/c1-19(34)30-17-20-6-8-21(9-7-20)18-36-27-23(16-29)25(24-5-3-14-35-24)22(15-28)26(31-27)33-11-4-10-32(2)12-13-33/h3,5-9,14H,4,10-13,17-18H2,1-2H3,(H,30,34). The summed E-state index contributed by atoms with van der Waals surface area (Å²) in [5.74, 6) is 1.63. The Kier molecular flexibility index (Phi) is 8.27. The van der Waals surface area contributed by atoms with Crippen molar-refractivity contribution in [1.29, 1.82) is 10.5 Å². The van der Waals surface area contributed by atoms with E-state index in [-0.39, 0.29) is 5.91 Å². The van der Waals surface area contributed by atoms with E-state index in [1.54, 1.807) is 18.4 Å². The summed E-state index contributed by atoms with van der Waals surface area (Å²) in [6.45, 7) is 5.38. The van der Waals surface area contributed by atoms with E-state index >= 15 is 0 Å². The van der Waals surface area contributed by atoms with E-state index in [1.165, 1.54) is 18.7 Å². The van der Waals surface area contributed by atoms with E-state index in [0.717, 1.165) is 43.7 Å². The first-order valence-corrected chi connectivity index (χ1v) is 12.8. The molecule has 1 aliphatic heterocycles. The SMILES string of the molecule is CC(=O)NCc1ccc(CSc2nc(N3CCCN(C)CC3)c(C#N)c(-c3ccco3)c2C#N)cc1. The normalized spacial score (nSPS) is 14.1. The van der Waals surface area contributed by atoms with E-state index in [4.69, 9.17) is 9.40 Å². The quantitative estimate of drug-likeness (QED) is 0.482. The van der Waals surface area contributed by atoms with Crippen molar-refractivity contribution in [3.63, 3.8) is 0 Å². The Morgan fingerprint density at radius 2 is 1.83 bits per heavy atom. The number of rotatable bonds is 7. The molecule has 8 nitrogen and oxygen atoms in total. The van der Waals surface area contributed by atoms with Gasteiger partial charge in [-0.2, -0.15) is 10.5 Å². The van der Waals surface area contributed by atoms with E-state index in [0.29, 0.717) is 45.6 Å². The van der Waals surface area contributed by atoms with Gasteiger partial charge in [0.25, 0.3) is 0 Å². The van der Waals surface area contributed by atoms with Crippen molar-refractivity contribution in [2.45, 2.75) is 30.7 Å². The maximum atomic E-state index is 11.2. The lowest BCUT2D eigenvalue weighted by Crippen LogP contribution is -2.30. The Labute approximate surface area is 215 Å². The maximum Gasteiger partial charge on any atom is 0.217 e. The van der Waals surface area contributed by atoms with E-state index in [9.17, 15) is 15.3 Å². The lowest BCUT2D eigenvalue weighted by atomic mass is 10.0. The zero-order valence-corrected chi connectivity index (χ0v) is 21.3. The minimum atomic E-state index is -0.0650. The Hall–Kier alpha value is -3.79. The second-order valence-corrected chi connectivity index (χ2v) is 9.69. The molecule has 3 aromatic rings. The molecule has 0 unspecified atom stereocenters. The molecule has 1 N–H and O–H groups in total. The molecule has 0 radical (unpaired) electrons. The number of nitriles is 2. The van der Waals surface area contributed by atoms with Crippen molar-refractivity contribution in [2.75, 3.05) is 38.1 Å². The molecule has 0 spiro atoms. The summed E-state index contributed by atoms with van der Waals surface area (Å²) in [6, 6.07) is 16.1. The molecule has 0 bridgehead atoms. The first kappa shape index (κ1) is 25.3. The zero-order valence-electron chi connectivity index (χ0n) is 20.5. The first-order chi connectivity index (χ1) is 17.5. The van der Waals surface area contributed by atoms with Gasteiger partial charge in [-0.25, -0.2) is 4.98 Å². The number of nitrogens with zero attached hydrogens (tertiary/aromatic N) is 5. The Morgan fingerprint density at radius 1 is 1.08 bits per heavy atom. The van der Waals surface area contributed by atoms with Crippen LogP contribution in [0, 0.1) is 22.7 Å². The van der Waals surface area contributed by atoms with Gasteiger partial charge in [0.1, 0.15) is 34.3 Å². The number of aromatic nitrogens is 1. The van der Waals surface area contributed by atoms with Crippen LogP contribution in [0.1, 0.15) is 35.6 Å². The molecule has 1 aliphatic rings. The molecule has 1 fully saturated rings. The van der Waals surface area contributed by atoms with Crippen molar-refractivity contribution in [3.8, 4) is 23.5 Å². The highest BCUT2D eigenvalue weighted by Crippen LogP contribution is 2.39. The third kappa shape index (κ3) is 5.88. The van der Waals surface area contributed by atoms with Crippen LogP contribution >= 0.6 is 11.8 Å². The van der Waals surface area contributed by atoms with Crippen LogP contribution < -0.4 is 10.2 Å². The molecule has 1 aromatic carbocycles. The van der Waals surface area contributed by atoms with Gasteiger partial charge in [-0.15, -0.1) is 11.8 Å². The Balaban J connectivity index is 1.69. The zero-order chi connectivity index (χ0) is 25.5. The second-order valence-electron chi connectivity index (χ2n) is 8.73. The predicted molar refractivity (Wildman–Crippen MR) is 139 cm³/mol. The van der Waals surface area contributed by atoms with Crippen molar-refractivity contribution < 1.29 is 9.21 Å². The summed E-state index contributed by atoms with van der Waals surface area (Å²) in [5, 5.41) is 23.7. The fraction of sp³-hybridized carbons (Fsp3) is 0.333. The van der Waals surface area contributed by atoms with Crippen molar-refractivity contribution in [2.24, 2.45) is 0 Å². The van der Waals surface area contributed by atoms with Gasteiger partial charge in [0.2, 0.25) is 5.91 Å². The van der Waals surface area contributed by atoms with Crippen molar-refractivity contribution in [3.05, 3.63) is 64.9 Å². The number of hydrogen-bond donors (Lipinski definition) is 1. The molecule has 2 aromatic heterocycles. The molecule has 0 aliphatic carbocycles. The molecule has 4 rings (SSSR count). The van der Waals surface area contributed by atoms with Gasteiger partial charge in [-0.3, -0.25) is 4.79 Å². The number of hydrogen-bond acceptors (Lipinski definition) is 8. The van der Waals surface area contributed by atoms with Crippen LogP contribution in [0.15, 0.2) is 52.1 Å². The number of likely N-dealkylation sites (N-methyl/N-ethyl adjacent to an activating group) is 1. The third-order valence-electron chi connectivity index (χ3n) is 6.10. The summed E-state index contributed by atoms with van der Waals surface area (Å²) < 4.78 is 5.66. The fourth-order valence-electron chi connectivity index (χ4n) is 4.15. The number of nitrogens with one attached hydrogen (secondary N) is 1. The average Bonchev–Trinajstić information content (AvgIpc) is 3.33. The minimum absolute atomic E-state index is 0.0650. The van der Waals surface area contributed by atoms with Gasteiger partial charge >= 0.3 is 0 Å². The van der Waals surface area contributed by atoms with E-state index in [1.807, 2.05) is 24.3 Å². The van der Waals surface area contributed by atoms with Crippen LogP contribution in [0.2, 0.25) is 0 Å². The molecular formula is C27H28N6O2S. The Morgan fingerprint density at radius 3 is 2.50 bits per heavy atom. The summed E-state index contributed by atoms with van der Waals surface area (Å²) in [5.41, 5.74) is 3.31. The maximum absolute atomic E-state index is 11.2. The number of amides is 1. The third-order valence-corrected chi connectivity index (χ3v) is 7.14. The van der Waals surface area contributed by atoms with Crippen molar-refractivity contribution in [1.82, 2.24) is 15.2 Å². The van der Waals surface area contributed by atoms with Crippen LogP contribution in [-0.4, -0.2) is 49.0 Å². The summed E-state index contributed by atoms with van der Waals surface area (Å²) in [6.07, 6.45) is 2.51. The molecule has 3 heterocycles. The molecule has 0 atom stereocenters. The topological polar surface area (TPSA) is 109 Å². The number of anilines is 1. The summed E-state index contributed by atoms with van der Waals surface area (Å²) in [7, 11) is 2.10. The van der Waals surface area contributed by atoms with Gasteiger partial charge in [0, 0.05) is 38.9 Å². The molecule has 0 saturated carbocycles. The lowest BCUT2D eigenvalue weighted by Gasteiger charge is -2.25. The van der Waals surface area contributed by atoms with Crippen LogP contribution in [0.5, 0.6) is 0 Å². The number of furan rings is 1. The number of benzene rings is 1. The highest BCUT2D eigenvalue weighted by molar-refractivity contribution is 7.98. The van der Waals surface area contributed by atoms with Gasteiger partial charge in [0.05, 0.1) is 17.4 Å². The number of carbonyl (C=O) groups is 1. The number of pyridine rings is 1. The Bertz CT molecular complexity index is 1290. The van der Waals surface area contributed by atoms with Gasteiger partial charge in [-0.1, -0.05) is 24.3 Å². The van der Waals surface area contributed by atoms with Crippen LogP contribution in [0.4, 0.5) is 5.82 Å². The fourth-order valence-corrected chi connectivity index (χ4v) is 5.09. The molecular weight excluding hydrogens is 472 g/mol. The monoisotopic (exact) mass is 500 g/mol. The molecule has 36 heavy (non-hydrogen) atoms. The summed E-state index contributed by atoms with van der Waals surface area (Å²) >= 11 is 1.47. The number of carbonyl (C=O) groups excluding carboxylic acids is 1. The highest BCUT2D eigenvalue weighted by Gasteiger charge is 2.27. The van der Waals surface area contributed by atoms with Crippen LogP contribution in [-0.2, 0) is 17.1 Å². The van der Waals surface area contributed by atoms with E-state index in [2.05, 4.69) is 34.3 Å².